The molecule has 0 bridgehead atoms. The lowest BCUT2D eigenvalue weighted by Gasteiger charge is -2.07. The second kappa shape index (κ2) is 10.2. The molecule has 2 rings (SSSR count). The van der Waals surface area contributed by atoms with Crippen molar-refractivity contribution in [2.45, 2.75) is 6.42 Å². The molecule has 13 nitrogen and oxygen atoms in total. The Morgan fingerprint density at radius 2 is 2.10 bits per heavy atom. The maximum Gasteiger partial charge on any atom is 0.320 e. The molecule has 0 saturated heterocycles. The number of hydrogen-bond acceptors (Lipinski definition) is 8. The van der Waals surface area contributed by atoms with Crippen LogP contribution in [0, 0.1) is 5.82 Å². The molecular formula is C13H16BrFN8O5S. The van der Waals surface area contributed by atoms with Crippen LogP contribution >= 0.6 is 15.9 Å². The summed E-state index contributed by atoms with van der Waals surface area (Å²) in [6, 6.07) is 3.17. The minimum absolute atomic E-state index is 0.0361. The van der Waals surface area contributed by atoms with E-state index in [0.29, 0.717) is 0 Å². The van der Waals surface area contributed by atoms with Crippen LogP contribution in [0.25, 0.3) is 0 Å². The molecule has 1 heterocycles. The topological polar surface area (TPSA) is 197 Å². The highest BCUT2D eigenvalue weighted by Crippen LogP contribution is 2.23. The zero-order chi connectivity index (χ0) is 21.4. The van der Waals surface area contributed by atoms with Gasteiger partial charge in [-0.25, -0.2) is 28.7 Å². The van der Waals surface area contributed by atoms with Crippen molar-refractivity contribution in [3.8, 4) is 0 Å². The third kappa shape index (κ3) is 7.35. The predicted octanol–water partition coefficient (Wildman–Crippen LogP) is 0.333. The number of aliphatic imine (C=N–C) groups is 1. The number of hydrogen-bond donors (Lipinski definition) is 6. The van der Waals surface area contributed by atoms with E-state index in [1.165, 1.54) is 12.1 Å². The number of benzene rings is 1. The van der Waals surface area contributed by atoms with Gasteiger partial charge in [0, 0.05) is 13.1 Å². The van der Waals surface area contributed by atoms with Gasteiger partial charge < -0.3 is 5.32 Å². The summed E-state index contributed by atoms with van der Waals surface area (Å²) < 4.78 is 41.5. The number of rotatable bonds is 8. The fourth-order valence-electron chi connectivity index (χ4n) is 1.90. The van der Waals surface area contributed by atoms with E-state index in [1.54, 1.807) is 5.48 Å². The van der Waals surface area contributed by atoms with Gasteiger partial charge in [-0.2, -0.15) is 8.42 Å². The van der Waals surface area contributed by atoms with Gasteiger partial charge in [0.1, 0.15) is 5.82 Å². The highest BCUT2D eigenvalue weighted by molar-refractivity contribution is 9.10. The van der Waals surface area contributed by atoms with E-state index in [9.17, 15) is 22.8 Å². The third-order valence-corrected chi connectivity index (χ3v) is 4.35. The molecule has 16 heteroatoms. The van der Waals surface area contributed by atoms with Crippen molar-refractivity contribution in [1.29, 1.82) is 0 Å². The quantitative estimate of drug-likeness (QED) is 0.130. The second-order valence-corrected chi connectivity index (χ2v) is 7.54. The molecule has 2 aromatic rings. The Morgan fingerprint density at radius 3 is 2.76 bits per heavy atom. The zero-order valence-electron chi connectivity index (χ0n) is 14.5. The minimum atomic E-state index is -3.79. The molecule has 1 aromatic heterocycles. The van der Waals surface area contributed by atoms with Gasteiger partial charge >= 0.3 is 6.03 Å². The summed E-state index contributed by atoms with van der Waals surface area (Å²) in [6.45, 7) is 0.159. The first-order valence-electron chi connectivity index (χ1n) is 7.78. The van der Waals surface area contributed by atoms with Crippen LogP contribution in [0.15, 0.2) is 32.3 Å². The molecule has 0 spiro atoms. The second-order valence-electron chi connectivity index (χ2n) is 5.31. The highest BCUT2D eigenvalue weighted by atomic mass is 79.9. The Morgan fingerprint density at radius 1 is 1.34 bits per heavy atom. The van der Waals surface area contributed by atoms with Crippen LogP contribution in [-0.2, 0) is 10.2 Å². The molecule has 0 aliphatic carbocycles. The molecule has 0 saturated carbocycles. The Bertz CT molecular complexity index is 999. The molecule has 0 fully saturated rings. The molecule has 7 N–H and O–H groups in total. The van der Waals surface area contributed by atoms with Crippen molar-refractivity contribution in [3.63, 3.8) is 0 Å². The van der Waals surface area contributed by atoms with E-state index in [-0.39, 0.29) is 47.0 Å². The highest BCUT2D eigenvalue weighted by Gasteiger charge is 2.18. The van der Waals surface area contributed by atoms with Crippen molar-refractivity contribution in [1.82, 2.24) is 25.8 Å². The lowest BCUT2D eigenvalue weighted by Crippen LogP contribution is -2.35. The molecule has 158 valence electrons. The zero-order valence-corrected chi connectivity index (χ0v) is 16.9. The van der Waals surface area contributed by atoms with Crippen LogP contribution in [0.2, 0.25) is 0 Å². The van der Waals surface area contributed by atoms with Gasteiger partial charge in [-0.05, 0) is 50.9 Å². The molecular weight excluding hydrogens is 479 g/mol. The van der Waals surface area contributed by atoms with Crippen molar-refractivity contribution in [2.24, 2.45) is 10.1 Å². The van der Waals surface area contributed by atoms with E-state index in [4.69, 9.17) is 5.14 Å². The molecule has 0 aliphatic heterocycles. The molecule has 2 amide bonds. The van der Waals surface area contributed by atoms with Gasteiger partial charge in [-0.1, -0.05) is 0 Å². The van der Waals surface area contributed by atoms with E-state index in [0.717, 1.165) is 6.07 Å². The van der Waals surface area contributed by atoms with Crippen LogP contribution in [0.4, 0.5) is 20.7 Å². The lowest BCUT2D eigenvalue weighted by molar-refractivity contribution is 0.234. The summed E-state index contributed by atoms with van der Waals surface area (Å²) in [7, 11) is -3.79. The Labute approximate surface area is 172 Å². The monoisotopic (exact) mass is 494 g/mol. The smallest absolute Gasteiger partial charge is 0.320 e. The SMILES string of the molecule is NS(=O)(=O)NCCCNC(=O)Nc1nonc1C(=Nc1ccc(F)c(Br)c1)NO. The van der Waals surface area contributed by atoms with Crippen molar-refractivity contribution >= 4 is 49.5 Å². The lowest BCUT2D eigenvalue weighted by atomic mass is 10.3. The molecule has 0 atom stereocenters. The van der Waals surface area contributed by atoms with Gasteiger partial charge in [0.25, 0.3) is 10.2 Å². The first kappa shape index (κ1) is 22.6. The maximum absolute atomic E-state index is 13.3. The average molecular weight is 495 g/mol. The maximum atomic E-state index is 13.3. The normalized spacial score (nSPS) is 11.9. The summed E-state index contributed by atoms with van der Waals surface area (Å²) in [5.41, 5.74) is 1.94. The third-order valence-electron chi connectivity index (χ3n) is 3.14. The average Bonchev–Trinajstić information content (AvgIpc) is 3.09. The van der Waals surface area contributed by atoms with Crippen molar-refractivity contribution in [3.05, 3.63) is 34.2 Å². The van der Waals surface area contributed by atoms with Crippen LogP contribution in [0.5, 0.6) is 0 Å². The van der Waals surface area contributed by atoms with Gasteiger partial charge in [0.2, 0.25) is 5.82 Å². The number of urea groups is 1. The predicted molar refractivity (Wildman–Crippen MR) is 102 cm³/mol. The summed E-state index contributed by atoms with van der Waals surface area (Å²) in [6.07, 6.45) is 0.276. The first-order valence-corrected chi connectivity index (χ1v) is 10.1. The first-order chi connectivity index (χ1) is 13.7. The van der Waals surface area contributed by atoms with Crippen molar-refractivity contribution in [2.75, 3.05) is 18.4 Å². The molecule has 0 radical (unpaired) electrons. The number of carbonyl (C=O) groups is 1. The van der Waals surface area contributed by atoms with Crippen LogP contribution < -0.4 is 26.0 Å². The number of nitrogens with zero attached hydrogens (tertiary/aromatic N) is 3. The van der Waals surface area contributed by atoms with E-state index < -0.39 is 22.1 Å². The summed E-state index contributed by atoms with van der Waals surface area (Å²) in [5, 5.41) is 26.0. The van der Waals surface area contributed by atoms with Crippen LogP contribution in [0.1, 0.15) is 12.1 Å². The molecule has 29 heavy (non-hydrogen) atoms. The summed E-state index contributed by atoms with van der Waals surface area (Å²) in [5.74, 6) is -0.882. The number of nitrogens with one attached hydrogen (secondary N) is 4. The standard InChI is InChI=1S/C13H16BrFN8O5S/c14-8-6-7(2-3-9(8)15)19-11(21-25)10-12(23-28-22-10)20-13(24)17-4-1-5-18-29(16,26)27/h2-3,6,18,25H,1,4-5H2,(H,19,21)(H2,16,26,27)(H2,17,20,23,24). The van der Waals surface area contributed by atoms with Gasteiger partial charge in [-0.3, -0.25) is 16.0 Å². The largest absolute Gasteiger partial charge is 0.338 e. The Balaban J connectivity index is 2.00. The molecule has 0 unspecified atom stereocenters. The van der Waals surface area contributed by atoms with Gasteiger partial charge in [-0.15, -0.1) is 0 Å². The van der Waals surface area contributed by atoms with Gasteiger partial charge in [0.15, 0.2) is 11.5 Å². The van der Waals surface area contributed by atoms with Gasteiger partial charge in [0.05, 0.1) is 10.2 Å². The number of carbonyl (C=O) groups excluding carboxylic acids is 1. The Hall–Kier alpha value is -2.66. The number of halogens is 2. The number of amidine groups is 1. The van der Waals surface area contributed by atoms with E-state index >= 15 is 0 Å². The number of aromatic nitrogens is 2. The van der Waals surface area contributed by atoms with E-state index in [2.05, 4.69) is 51.2 Å². The number of nitrogens with two attached hydrogens (primary N) is 1. The molecule has 1 aromatic carbocycles. The van der Waals surface area contributed by atoms with Crippen LogP contribution in [-0.4, -0.2) is 48.9 Å². The molecule has 0 aliphatic rings. The van der Waals surface area contributed by atoms with E-state index in [1.807, 2.05) is 0 Å². The minimum Gasteiger partial charge on any atom is -0.338 e. The van der Waals surface area contributed by atoms with Crippen molar-refractivity contribution < 1.29 is 27.4 Å². The number of hydroxylamine groups is 1. The Kier molecular flexibility index (Phi) is 7.97. The number of amides is 2. The summed E-state index contributed by atoms with van der Waals surface area (Å²) in [4.78, 5) is 16.0. The fraction of sp³-hybridized carbons (Fsp3) is 0.231. The summed E-state index contributed by atoms with van der Waals surface area (Å²) >= 11 is 3.02. The number of anilines is 1. The van der Waals surface area contributed by atoms with Crippen LogP contribution in [0.3, 0.4) is 0 Å². The fourth-order valence-corrected chi connectivity index (χ4v) is 2.69.